The first kappa shape index (κ1) is 41.3. The molecular formula is C44H64N2O10. The number of nitrogens with zero attached hydrogens (tertiary/aromatic N) is 1. The van der Waals surface area contributed by atoms with Crippen LogP contribution < -0.4 is 5.32 Å². The number of hydroxylamine groups is 2. The molecule has 2 saturated carbocycles. The normalized spacial score (nSPS) is 33.4. The maximum atomic E-state index is 14.9. The summed E-state index contributed by atoms with van der Waals surface area (Å²) in [6.07, 6.45) is 13.7. The number of esters is 2. The summed E-state index contributed by atoms with van der Waals surface area (Å²) in [5.41, 5.74) is -0.0441. The fourth-order valence-corrected chi connectivity index (χ4v) is 9.68. The van der Waals surface area contributed by atoms with Crippen LogP contribution in [0, 0.1) is 11.3 Å². The van der Waals surface area contributed by atoms with Crippen LogP contribution in [-0.2, 0) is 49.5 Å². The molecule has 0 radical (unpaired) electrons. The number of rotatable bonds is 18. The Hall–Kier alpha value is -2.87. The molecule has 4 aliphatic heterocycles. The molecule has 4 saturated heterocycles. The zero-order chi connectivity index (χ0) is 39.7. The van der Waals surface area contributed by atoms with E-state index in [-0.39, 0.29) is 25.8 Å². The van der Waals surface area contributed by atoms with Gasteiger partial charge in [0.2, 0.25) is 5.91 Å². The molecule has 0 aromatic heterocycles. The maximum absolute atomic E-state index is 14.9. The number of epoxide rings is 1. The molecule has 0 spiro atoms. The summed E-state index contributed by atoms with van der Waals surface area (Å²) >= 11 is 0. The van der Waals surface area contributed by atoms with Crippen LogP contribution >= 0.6 is 0 Å². The second-order valence-corrected chi connectivity index (χ2v) is 18.1. The molecule has 1 aromatic carbocycles. The molecule has 3 unspecified atom stereocenters. The second-order valence-electron chi connectivity index (χ2n) is 18.1. The minimum atomic E-state index is -1.39. The van der Waals surface area contributed by atoms with Crippen molar-refractivity contribution in [2.75, 3.05) is 6.61 Å². The van der Waals surface area contributed by atoms with E-state index in [0.717, 1.165) is 68.9 Å². The van der Waals surface area contributed by atoms with Crippen LogP contribution in [0.1, 0.15) is 136 Å². The number of amides is 1. The van der Waals surface area contributed by atoms with Crippen molar-refractivity contribution < 1.29 is 48.0 Å². The van der Waals surface area contributed by atoms with E-state index in [1.165, 1.54) is 0 Å². The van der Waals surface area contributed by atoms with Gasteiger partial charge in [0.25, 0.3) is 0 Å². The van der Waals surface area contributed by atoms with Crippen LogP contribution in [0.2, 0.25) is 0 Å². The lowest BCUT2D eigenvalue weighted by Crippen LogP contribution is -2.70. The third kappa shape index (κ3) is 8.90. The number of hydrogen-bond acceptors (Lipinski definition) is 11. The zero-order valence-electron chi connectivity index (χ0n) is 34.0. The number of allylic oxidation sites excluding steroid dienone is 1. The molecule has 1 amide bonds. The molecule has 6 aliphatic rings. The summed E-state index contributed by atoms with van der Waals surface area (Å²) in [6.45, 7) is 9.57. The Balaban J connectivity index is 1.14. The third-order valence-electron chi connectivity index (χ3n) is 12.6. The summed E-state index contributed by atoms with van der Waals surface area (Å²) in [5.74, 6) is -1.74. The van der Waals surface area contributed by atoms with Crippen LogP contribution in [0.25, 0.3) is 6.08 Å². The van der Waals surface area contributed by atoms with Crippen molar-refractivity contribution in [1.29, 1.82) is 0 Å². The number of hydrogen-bond donors (Lipinski definition) is 2. The first-order valence-corrected chi connectivity index (χ1v) is 21.4. The lowest BCUT2D eigenvalue weighted by Gasteiger charge is -2.49. The van der Waals surface area contributed by atoms with Crippen molar-refractivity contribution in [3.63, 3.8) is 0 Å². The van der Waals surface area contributed by atoms with E-state index in [1.807, 2.05) is 12.1 Å². The van der Waals surface area contributed by atoms with Crippen molar-refractivity contribution >= 4 is 23.9 Å². The summed E-state index contributed by atoms with van der Waals surface area (Å²) in [5, 5.41) is 15.0. The largest absolute Gasteiger partial charge is 0.460 e. The fraction of sp³-hybridized carbons (Fsp3) is 0.750. The van der Waals surface area contributed by atoms with Crippen LogP contribution in [0.5, 0.6) is 0 Å². The Bertz CT molecular complexity index is 1570. The number of carbonyl (C=O) groups excluding carboxylic acids is 3. The number of aliphatic hydroxyl groups excluding tert-OH is 1. The molecule has 2 N–H and O–H groups in total. The lowest BCUT2D eigenvalue weighted by atomic mass is 9.62. The van der Waals surface area contributed by atoms with Crippen molar-refractivity contribution in [3.8, 4) is 0 Å². The molecule has 2 bridgehead atoms. The van der Waals surface area contributed by atoms with Crippen LogP contribution in [0.15, 0.2) is 30.3 Å². The molecule has 12 heteroatoms. The minimum absolute atomic E-state index is 0.0108. The lowest BCUT2D eigenvalue weighted by molar-refractivity contribution is -0.224. The Kier molecular flexibility index (Phi) is 12.7. The quantitative estimate of drug-likeness (QED) is 0.0983. The molecule has 12 nitrogen and oxygen atoms in total. The average Bonchev–Trinajstić information content (AvgIpc) is 3.71. The summed E-state index contributed by atoms with van der Waals surface area (Å²) in [6, 6.07) is 6.37. The molecular weight excluding hydrogens is 716 g/mol. The Morgan fingerprint density at radius 3 is 2.38 bits per heavy atom. The van der Waals surface area contributed by atoms with E-state index in [9.17, 15) is 19.5 Å². The van der Waals surface area contributed by atoms with Crippen molar-refractivity contribution in [3.05, 3.63) is 41.5 Å². The highest BCUT2D eigenvalue weighted by molar-refractivity contribution is 5.93. The number of ether oxygens (including phenoxy) is 5. The van der Waals surface area contributed by atoms with Gasteiger partial charge in [-0.3, -0.25) is 19.2 Å². The van der Waals surface area contributed by atoms with E-state index >= 15 is 0 Å². The molecule has 6 fully saturated rings. The van der Waals surface area contributed by atoms with Gasteiger partial charge in [-0.2, -0.15) is 5.06 Å². The topological polar surface area (TPSA) is 145 Å². The van der Waals surface area contributed by atoms with E-state index in [2.05, 4.69) is 43.4 Å². The van der Waals surface area contributed by atoms with Gasteiger partial charge in [0.1, 0.15) is 35.4 Å². The molecule has 2 aliphatic carbocycles. The fourth-order valence-electron chi connectivity index (χ4n) is 9.68. The number of fused-ring (bicyclic) bond motifs is 5. The van der Waals surface area contributed by atoms with E-state index in [1.54, 1.807) is 25.8 Å². The van der Waals surface area contributed by atoms with Gasteiger partial charge in [-0.05, 0) is 76.3 Å². The molecule has 1 aromatic rings. The Morgan fingerprint density at radius 1 is 1.00 bits per heavy atom. The summed E-state index contributed by atoms with van der Waals surface area (Å²) in [7, 11) is 0. The highest BCUT2D eigenvalue weighted by atomic mass is 16.8. The van der Waals surface area contributed by atoms with Gasteiger partial charge in [-0.1, -0.05) is 75.9 Å². The van der Waals surface area contributed by atoms with Gasteiger partial charge < -0.3 is 34.1 Å². The third-order valence-corrected chi connectivity index (χ3v) is 12.6. The molecule has 4 heterocycles. The zero-order valence-corrected chi connectivity index (χ0v) is 34.0. The minimum Gasteiger partial charge on any atom is -0.460 e. The van der Waals surface area contributed by atoms with Gasteiger partial charge in [0, 0.05) is 25.7 Å². The SMILES string of the molecule is CCCCCC1(CCCCC)O[C@@H]2[C@H](O1)[C@H]1ON(Cc3ccc(C=CC4CCC5OC5C4)cc3)[C@@H]3C(=O)O[C@@H]2C[C@]13C(=O)N[C@H](CO)CCC(=O)OC(C)(C)C. The standard InChI is InChI=1S/C44H64N2O10/c1-6-8-10-22-43(23-11-9-7-2)54-36-34-25-44(41(50)45-31(27-47)19-21-35(48)53-42(3,4)5)38(40(49)52-34)46(56-39(44)37(36)55-43)26-30-16-13-28(14-17-30)12-15-29-18-20-32-33(24-29)51-32/h12-17,29,31-34,36-39,47H,6-11,18-27H2,1-5H3,(H,45,50)/t29?,31-,32?,33?,34+,36-,37-,38+,39+,44+/m0/s1. The van der Waals surface area contributed by atoms with Gasteiger partial charge in [0.15, 0.2) is 11.8 Å². The molecule has 10 atom stereocenters. The smallest absolute Gasteiger partial charge is 0.327 e. The molecule has 56 heavy (non-hydrogen) atoms. The Morgan fingerprint density at radius 2 is 1.71 bits per heavy atom. The highest BCUT2D eigenvalue weighted by Crippen LogP contribution is 2.58. The van der Waals surface area contributed by atoms with E-state index in [0.29, 0.717) is 31.0 Å². The predicted molar refractivity (Wildman–Crippen MR) is 207 cm³/mol. The summed E-state index contributed by atoms with van der Waals surface area (Å²) in [4.78, 5) is 48.5. The van der Waals surface area contributed by atoms with Gasteiger partial charge in [-0.25, -0.2) is 0 Å². The maximum Gasteiger partial charge on any atom is 0.327 e. The second kappa shape index (κ2) is 17.2. The van der Waals surface area contributed by atoms with Gasteiger partial charge in [-0.15, -0.1) is 0 Å². The van der Waals surface area contributed by atoms with Crippen molar-refractivity contribution in [1.82, 2.24) is 10.4 Å². The van der Waals surface area contributed by atoms with E-state index in [4.69, 9.17) is 28.5 Å². The van der Waals surface area contributed by atoms with Crippen LogP contribution in [-0.4, -0.2) is 94.7 Å². The highest BCUT2D eigenvalue weighted by Gasteiger charge is 2.76. The number of benzene rings is 1. The number of aliphatic hydroxyl groups is 1. The number of nitrogens with one attached hydrogen (secondary N) is 1. The first-order valence-electron chi connectivity index (χ1n) is 21.4. The Labute approximate surface area is 332 Å². The van der Waals surface area contributed by atoms with Gasteiger partial charge >= 0.3 is 11.9 Å². The summed E-state index contributed by atoms with van der Waals surface area (Å²) < 4.78 is 31.3. The first-order chi connectivity index (χ1) is 26.9. The van der Waals surface area contributed by atoms with Gasteiger partial charge in [0.05, 0.1) is 31.4 Å². The number of unbranched alkanes of at least 4 members (excludes halogenated alkanes) is 4. The number of carbonyl (C=O) groups is 3. The van der Waals surface area contributed by atoms with E-state index < -0.39 is 77.8 Å². The average molecular weight is 781 g/mol. The molecule has 7 rings (SSSR count). The van der Waals surface area contributed by atoms with Crippen LogP contribution in [0.3, 0.4) is 0 Å². The monoisotopic (exact) mass is 780 g/mol. The molecule has 310 valence electrons. The van der Waals surface area contributed by atoms with Crippen LogP contribution in [0.4, 0.5) is 0 Å². The predicted octanol–water partition coefficient (Wildman–Crippen LogP) is 6.31. The van der Waals surface area contributed by atoms with Crippen molar-refractivity contribution in [2.45, 2.75) is 191 Å². The van der Waals surface area contributed by atoms with Crippen molar-refractivity contribution in [2.24, 2.45) is 11.3 Å².